The molecule has 1 unspecified atom stereocenters. The third-order valence-electron chi connectivity index (χ3n) is 7.25. The van der Waals surface area contributed by atoms with Gasteiger partial charge in [-0.05, 0) is 85.9 Å². The fourth-order valence-corrected chi connectivity index (χ4v) is 8.57. The van der Waals surface area contributed by atoms with Crippen molar-refractivity contribution in [2.75, 3.05) is 6.61 Å². The number of halogens is 1. The maximum absolute atomic E-state index is 6.40. The summed E-state index contributed by atoms with van der Waals surface area (Å²) in [6.45, 7) is 14.9. The maximum atomic E-state index is 6.40. The van der Waals surface area contributed by atoms with Gasteiger partial charge in [0.2, 0.25) is 0 Å². The van der Waals surface area contributed by atoms with Crippen LogP contribution in [-0.4, -0.2) is 26.6 Å². The van der Waals surface area contributed by atoms with Crippen LogP contribution in [-0.2, 0) is 9.16 Å². The Labute approximate surface area is 181 Å². The summed E-state index contributed by atoms with van der Waals surface area (Å²) in [4.78, 5) is 0. The van der Waals surface area contributed by atoms with Crippen LogP contribution in [0.4, 0.5) is 0 Å². The normalized spacial score (nSPS) is 41.9. The zero-order chi connectivity index (χ0) is 19.9. The van der Waals surface area contributed by atoms with Gasteiger partial charge in [-0.2, -0.15) is 0 Å². The highest BCUT2D eigenvalue weighted by molar-refractivity contribution is 14.1. The molecule has 0 aromatic rings. The van der Waals surface area contributed by atoms with E-state index in [1.165, 1.54) is 32.1 Å². The molecule has 0 aliphatic heterocycles. The molecule has 4 heteroatoms. The number of fused-ring (bicyclic) bond motifs is 1. The van der Waals surface area contributed by atoms with Crippen LogP contribution in [0.1, 0.15) is 59.3 Å². The second-order valence-corrected chi connectivity index (χ2v) is 15.8. The molecule has 2 fully saturated rings. The van der Waals surface area contributed by atoms with Gasteiger partial charge >= 0.3 is 0 Å². The zero-order valence-electron chi connectivity index (χ0n) is 18.2. The van der Waals surface area contributed by atoms with Gasteiger partial charge in [0.25, 0.3) is 0 Å². The molecular formula is C23H39IO2Si. The van der Waals surface area contributed by atoms with E-state index in [1.54, 1.807) is 5.57 Å². The molecule has 0 heterocycles. The van der Waals surface area contributed by atoms with Gasteiger partial charge in [0.05, 0.1) is 18.3 Å². The highest BCUT2D eigenvalue weighted by Crippen LogP contribution is 2.59. The molecular weight excluding hydrogens is 463 g/mol. The third kappa shape index (κ3) is 4.92. The van der Waals surface area contributed by atoms with Crippen LogP contribution in [0.25, 0.3) is 0 Å². The minimum Gasteiger partial charge on any atom is -0.409 e. The molecule has 0 aromatic carbocycles. The van der Waals surface area contributed by atoms with Crippen molar-refractivity contribution >= 4 is 30.9 Å². The molecule has 3 aliphatic carbocycles. The minimum atomic E-state index is -1.54. The first-order chi connectivity index (χ1) is 12.6. The van der Waals surface area contributed by atoms with E-state index in [0.29, 0.717) is 11.3 Å². The number of allylic oxidation sites excluding steroid dienone is 1. The van der Waals surface area contributed by atoms with Crippen molar-refractivity contribution in [3.8, 4) is 0 Å². The van der Waals surface area contributed by atoms with Gasteiger partial charge in [0.1, 0.15) is 0 Å². The smallest absolute Gasteiger partial charge is 0.184 e. The monoisotopic (exact) mass is 502 g/mol. The molecule has 27 heavy (non-hydrogen) atoms. The molecule has 0 aromatic heterocycles. The lowest BCUT2D eigenvalue weighted by atomic mass is 9.61. The summed E-state index contributed by atoms with van der Waals surface area (Å²) in [6, 6.07) is 0. The molecule has 154 valence electrons. The number of hydrogen-bond acceptors (Lipinski definition) is 2. The summed E-state index contributed by atoms with van der Waals surface area (Å²) in [6.07, 6.45) is 12.5. The molecule has 3 aliphatic rings. The Bertz CT molecular complexity index is 596. The van der Waals surface area contributed by atoms with E-state index in [1.807, 2.05) is 0 Å². The Kier molecular flexibility index (Phi) is 6.72. The van der Waals surface area contributed by atoms with Gasteiger partial charge in [0.15, 0.2) is 8.32 Å². The third-order valence-corrected chi connectivity index (χ3v) is 9.13. The van der Waals surface area contributed by atoms with E-state index >= 15 is 0 Å². The van der Waals surface area contributed by atoms with E-state index in [0.717, 1.165) is 24.9 Å². The summed E-state index contributed by atoms with van der Waals surface area (Å²) in [5, 5.41) is 0. The zero-order valence-corrected chi connectivity index (χ0v) is 21.3. The molecule has 2 nitrogen and oxygen atoms in total. The fourth-order valence-electron chi connectivity index (χ4n) is 6.27. The maximum Gasteiger partial charge on any atom is 0.184 e. The van der Waals surface area contributed by atoms with Crippen molar-refractivity contribution < 1.29 is 9.16 Å². The fraction of sp³-hybridized carbons (Fsp3) is 0.826. The molecule has 6 atom stereocenters. The number of rotatable bonds is 6. The minimum absolute atomic E-state index is 0.133. The van der Waals surface area contributed by atoms with Gasteiger partial charge in [-0.15, -0.1) is 0 Å². The van der Waals surface area contributed by atoms with Crippen molar-refractivity contribution in [1.29, 1.82) is 0 Å². The topological polar surface area (TPSA) is 18.5 Å². The van der Waals surface area contributed by atoms with Gasteiger partial charge in [0, 0.05) is 6.42 Å². The first-order valence-corrected chi connectivity index (χ1v) is 15.5. The molecule has 0 spiro atoms. The van der Waals surface area contributed by atoms with Gasteiger partial charge < -0.3 is 9.16 Å². The van der Waals surface area contributed by atoms with Gasteiger partial charge in [-0.1, -0.05) is 54.2 Å². The summed E-state index contributed by atoms with van der Waals surface area (Å²) in [7, 11) is -1.54. The summed E-state index contributed by atoms with van der Waals surface area (Å²) in [5.41, 5.74) is 2.07. The molecule has 0 radical (unpaired) electrons. The first kappa shape index (κ1) is 22.0. The Morgan fingerprint density at radius 2 is 2.04 bits per heavy atom. The molecule has 3 rings (SSSR count). The standard InChI is InChI=1S/C23H39IO2Si/c1-17(16-25-19-11-13-22(2,14-19)26-27(4,5)6)20-9-10-21-18(15-24)8-7-12-23(20,21)3/h11,13,15,17,19-21H,7-10,12,14,16H2,1-6H3/b18-15+/t17-,19+,20+,21?,22-,23+/m0/s1. The number of hydrogen-bond donors (Lipinski definition) is 0. The summed E-state index contributed by atoms with van der Waals surface area (Å²) in [5.74, 6) is 2.24. The molecule has 0 N–H and O–H groups in total. The van der Waals surface area contributed by atoms with Crippen LogP contribution in [0.2, 0.25) is 19.6 Å². The Morgan fingerprint density at radius 1 is 1.30 bits per heavy atom. The van der Waals surface area contributed by atoms with Crippen molar-refractivity contribution in [2.45, 2.75) is 90.6 Å². The van der Waals surface area contributed by atoms with Crippen LogP contribution in [0, 0.1) is 23.2 Å². The van der Waals surface area contributed by atoms with E-state index in [-0.39, 0.29) is 11.7 Å². The van der Waals surface area contributed by atoms with Crippen LogP contribution in [0.15, 0.2) is 21.8 Å². The molecule has 0 bridgehead atoms. The number of ether oxygens (including phenoxy) is 1. The quantitative estimate of drug-likeness (QED) is 0.219. The lowest BCUT2D eigenvalue weighted by molar-refractivity contribution is -0.00461. The molecule has 0 amide bonds. The second kappa shape index (κ2) is 8.23. The Morgan fingerprint density at radius 3 is 2.70 bits per heavy atom. The summed E-state index contributed by atoms with van der Waals surface area (Å²) >= 11 is 2.47. The first-order valence-electron chi connectivity index (χ1n) is 10.9. The highest BCUT2D eigenvalue weighted by Gasteiger charge is 2.50. The van der Waals surface area contributed by atoms with Crippen LogP contribution >= 0.6 is 22.6 Å². The highest BCUT2D eigenvalue weighted by atomic mass is 127. The lowest BCUT2D eigenvalue weighted by Crippen LogP contribution is -2.39. The van der Waals surface area contributed by atoms with Crippen molar-refractivity contribution in [3.05, 3.63) is 21.8 Å². The van der Waals surface area contributed by atoms with Crippen molar-refractivity contribution in [3.63, 3.8) is 0 Å². The van der Waals surface area contributed by atoms with Crippen LogP contribution in [0.3, 0.4) is 0 Å². The largest absolute Gasteiger partial charge is 0.409 e. The molecule has 0 saturated heterocycles. The lowest BCUT2D eigenvalue weighted by Gasteiger charge is -2.44. The van der Waals surface area contributed by atoms with Crippen molar-refractivity contribution in [2.24, 2.45) is 23.2 Å². The average Bonchev–Trinajstić information content (AvgIpc) is 3.10. The summed E-state index contributed by atoms with van der Waals surface area (Å²) < 4.78 is 15.2. The predicted molar refractivity (Wildman–Crippen MR) is 126 cm³/mol. The van der Waals surface area contributed by atoms with E-state index in [4.69, 9.17) is 9.16 Å². The van der Waals surface area contributed by atoms with E-state index < -0.39 is 8.32 Å². The van der Waals surface area contributed by atoms with E-state index in [9.17, 15) is 0 Å². The van der Waals surface area contributed by atoms with E-state index in [2.05, 4.69) is 79.2 Å². The predicted octanol–water partition coefficient (Wildman–Crippen LogP) is 7.11. The SMILES string of the molecule is C[C@@H](CO[C@@H]1C=C[C@](C)(O[Si](C)(C)C)C1)[C@H]1CCC2/C(=C/I)CCC[C@@]21C. The average molecular weight is 503 g/mol. The molecule has 2 saturated carbocycles. The Hall–Kier alpha value is 0.347. The van der Waals surface area contributed by atoms with Gasteiger partial charge in [-0.3, -0.25) is 0 Å². The van der Waals surface area contributed by atoms with Crippen LogP contribution in [0.5, 0.6) is 0 Å². The van der Waals surface area contributed by atoms with Crippen molar-refractivity contribution in [1.82, 2.24) is 0 Å². The Balaban J connectivity index is 1.55. The van der Waals surface area contributed by atoms with Gasteiger partial charge in [-0.25, -0.2) is 0 Å². The van der Waals surface area contributed by atoms with Crippen LogP contribution < -0.4 is 0 Å². The second-order valence-electron chi connectivity index (χ2n) is 10.7.